The quantitative estimate of drug-likeness (QED) is 0.875. The predicted molar refractivity (Wildman–Crippen MR) is 76.8 cm³/mol. The fourth-order valence-electron chi connectivity index (χ4n) is 1.90. The fraction of sp³-hybridized carbons (Fsp3) is 0.250. The molecule has 0 aromatic heterocycles. The molecule has 0 amide bonds. The van der Waals surface area contributed by atoms with Gasteiger partial charge in [0.05, 0.1) is 0 Å². The van der Waals surface area contributed by atoms with Crippen LogP contribution in [0.25, 0.3) is 0 Å². The van der Waals surface area contributed by atoms with Gasteiger partial charge in [0.25, 0.3) is 0 Å². The molecule has 0 radical (unpaired) electrons. The van der Waals surface area contributed by atoms with Crippen molar-refractivity contribution >= 4 is 11.8 Å². The lowest BCUT2D eigenvalue weighted by molar-refractivity contribution is 0.595. The van der Waals surface area contributed by atoms with Gasteiger partial charge in [0, 0.05) is 22.4 Å². The van der Waals surface area contributed by atoms with E-state index in [4.69, 9.17) is 0 Å². The van der Waals surface area contributed by atoms with E-state index in [2.05, 4.69) is 5.32 Å². The van der Waals surface area contributed by atoms with Crippen molar-refractivity contribution in [2.24, 2.45) is 0 Å². The Bertz CT molecular complexity index is 552. The molecule has 1 fully saturated rings. The predicted octanol–water partition coefficient (Wildman–Crippen LogP) is 4.23. The lowest BCUT2D eigenvalue weighted by atomic mass is 10.2. The van der Waals surface area contributed by atoms with Crippen LogP contribution in [0.5, 0.6) is 0 Å². The van der Waals surface area contributed by atoms with Gasteiger partial charge < -0.3 is 5.32 Å². The van der Waals surface area contributed by atoms with Crippen molar-refractivity contribution in [2.45, 2.75) is 35.2 Å². The highest BCUT2D eigenvalue weighted by atomic mass is 32.2. The maximum absolute atomic E-state index is 14.0. The zero-order valence-electron chi connectivity index (χ0n) is 10.6. The molecule has 1 N–H and O–H groups in total. The second kappa shape index (κ2) is 5.76. The van der Waals surface area contributed by atoms with Crippen LogP contribution in [0.2, 0.25) is 0 Å². The van der Waals surface area contributed by atoms with Gasteiger partial charge in [0.1, 0.15) is 5.82 Å². The number of nitrogens with one attached hydrogen (secondary N) is 1. The summed E-state index contributed by atoms with van der Waals surface area (Å²) in [7, 11) is 0. The Morgan fingerprint density at radius 1 is 1.11 bits per heavy atom. The molecule has 0 spiro atoms. The van der Waals surface area contributed by atoms with Gasteiger partial charge in [0.2, 0.25) is 0 Å². The van der Waals surface area contributed by atoms with Crippen LogP contribution in [-0.4, -0.2) is 6.04 Å². The lowest BCUT2D eigenvalue weighted by Gasteiger charge is -2.07. The van der Waals surface area contributed by atoms with Crippen molar-refractivity contribution in [3.8, 4) is 0 Å². The molecule has 0 bridgehead atoms. The molecule has 0 heterocycles. The first-order valence-corrected chi connectivity index (χ1v) is 7.37. The molecular weight excluding hydrogens is 257 g/mol. The molecule has 0 atom stereocenters. The van der Waals surface area contributed by atoms with Crippen LogP contribution in [0.4, 0.5) is 4.39 Å². The zero-order valence-corrected chi connectivity index (χ0v) is 11.4. The summed E-state index contributed by atoms with van der Waals surface area (Å²) in [6, 6.07) is 16.1. The van der Waals surface area contributed by atoms with E-state index in [-0.39, 0.29) is 5.82 Å². The molecule has 19 heavy (non-hydrogen) atoms. The Morgan fingerprint density at radius 2 is 1.89 bits per heavy atom. The van der Waals surface area contributed by atoms with Crippen molar-refractivity contribution < 1.29 is 4.39 Å². The molecule has 3 rings (SSSR count). The summed E-state index contributed by atoms with van der Waals surface area (Å²) >= 11 is 1.46. The summed E-state index contributed by atoms with van der Waals surface area (Å²) in [5.41, 5.74) is 1.02. The van der Waals surface area contributed by atoms with Crippen molar-refractivity contribution in [1.82, 2.24) is 5.32 Å². The van der Waals surface area contributed by atoms with Gasteiger partial charge in [-0.15, -0.1) is 0 Å². The van der Waals surface area contributed by atoms with Gasteiger partial charge in [0.15, 0.2) is 0 Å². The van der Waals surface area contributed by atoms with E-state index >= 15 is 0 Å². The molecule has 2 aromatic rings. The van der Waals surface area contributed by atoms with E-state index in [0.717, 1.165) is 17.0 Å². The van der Waals surface area contributed by atoms with Crippen LogP contribution < -0.4 is 5.32 Å². The van der Waals surface area contributed by atoms with E-state index in [1.165, 1.54) is 24.6 Å². The summed E-state index contributed by atoms with van der Waals surface area (Å²) in [6.45, 7) is 0.762. The minimum atomic E-state index is -0.135. The van der Waals surface area contributed by atoms with Crippen molar-refractivity contribution in [3.05, 3.63) is 59.9 Å². The Morgan fingerprint density at radius 3 is 2.58 bits per heavy atom. The summed E-state index contributed by atoms with van der Waals surface area (Å²) in [5.74, 6) is -0.135. The molecular formula is C16H16FNS. The van der Waals surface area contributed by atoms with Crippen LogP contribution in [0.15, 0.2) is 58.3 Å². The van der Waals surface area contributed by atoms with E-state index in [9.17, 15) is 4.39 Å². The van der Waals surface area contributed by atoms with Crippen molar-refractivity contribution in [1.29, 1.82) is 0 Å². The molecule has 98 valence electrons. The molecule has 0 aliphatic heterocycles. The topological polar surface area (TPSA) is 12.0 Å². The monoisotopic (exact) mass is 273 g/mol. The number of hydrogen-bond donors (Lipinski definition) is 1. The van der Waals surface area contributed by atoms with Crippen LogP contribution in [0, 0.1) is 5.82 Å². The summed E-state index contributed by atoms with van der Waals surface area (Å²) in [4.78, 5) is 1.74. The molecule has 1 nitrogen and oxygen atoms in total. The third kappa shape index (κ3) is 3.58. The van der Waals surface area contributed by atoms with E-state index in [1.54, 1.807) is 6.07 Å². The molecule has 1 aliphatic carbocycles. The average molecular weight is 273 g/mol. The first kappa shape index (κ1) is 12.7. The molecule has 3 heteroatoms. The normalized spacial score (nSPS) is 14.6. The van der Waals surface area contributed by atoms with E-state index in [0.29, 0.717) is 10.9 Å². The van der Waals surface area contributed by atoms with Crippen LogP contribution in [-0.2, 0) is 6.54 Å². The van der Waals surface area contributed by atoms with Crippen LogP contribution >= 0.6 is 11.8 Å². The minimum Gasteiger partial charge on any atom is -0.310 e. The van der Waals surface area contributed by atoms with Gasteiger partial charge >= 0.3 is 0 Å². The minimum absolute atomic E-state index is 0.135. The Kier molecular flexibility index (Phi) is 3.85. The van der Waals surface area contributed by atoms with Gasteiger partial charge in [-0.3, -0.25) is 0 Å². The zero-order chi connectivity index (χ0) is 13.1. The molecule has 0 saturated heterocycles. The summed E-state index contributed by atoms with van der Waals surface area (Å²) in [5, 5.41) is 3.40. The van der Waals surface area contributed by atoms with Gasteiger partial charge in [-0.1, -0.05) is 36.0 Å². The Balaban J connectivity index is 1.68. The first-order chi connectivity index (χ1) is 9.31. The Labute approximate surface area is 117 Å². The first-order valence-electron chi connectivity index (χ1n) is 6.56. The van der Waals surface area contributed by atoms with Gasteiger partial charge in [-0.2, -0.15) is 0 Å². The maximum atomic E-state index is 14.0. The van der Waals surface area contributed by atoms with E-state index in [1.807, 2.05) is 42.5 Å². The highest BCUT2D eigenvalue weighted by molar-refractivity contribution is 7.99. The molecule has 0 unspecified atom stereocenters. The molecule has 1 saturated carbocycles. The number of halogens is 1. The highest BCUT2D eigenvalue weighted by Gasteiger charge is 2.20. The second-order valence-electron chi connectivity index (χ2n) is 4.84. The Hall–Kier alpha value is -1.32. The van der Waals surface area contributed by atoms with Gasteiger partial charge in [-0.25, -0.2) is 4.39 Å². The molecule has 1 aliphatic rings. The SMILES string of the molecule is Fc1cc(CNC2CC2)ccc1Sc1ccccc1. The van der Waals surface area contributed by atoms with E-state index < -0.39 is 0 Å². The van der Waals surface area contributed by atoms with Crippen LogP contribution in [0.3, 0.4) is 0 Å². The summed E-state index contributed by atoms with van der Waals surface area (Å²) < 4.78 is 14.0. The van der Waals surface area contributed by atoms with Gasteiger partial charge in [-0.05, 0) is 42.7 Å². The number of benzene rings is 2. The average Bonchev–Trinajstić information content (AvgIpc) is 3.25. The lowest BCUT2D eigenvalue weighted by Crippen LogP contribution is -2.15. The smallest absolute Gasteiger partial charge is 0.137 e. The van der Waals surface area contributed by atoms with Crippen LogP contribution in [0.1, 0.15) is 18.4 Å². The number of hydrogen-bond acceptors (Lipinski definition) is 2. The fourth-order valence-corrected chi connectivity index (χ4v) is 2.74. The van der Waals surface area contributed by atoms with Crippen molar-refractivity contribution in [3.63, 3.8) is 0 Å². The molecule has 2 aromatic carbocycles. The third-order valence-corrected chi connectivity index (χ3v) is 4.20. The highest BCUT2D eigenvalue weighted by Crippen LogP contribution is 2.30. The number of rotatable bonds is 5. The third-order valence-electron chi connectivity index (χ3n) is 3.14. The largest absolute Gasteiger partial charge is 0.310 e. The van der Waals surface area contributed by atoms with Crippen molar-refractivity contribution in [2.75, 3.05) is 0 Å². The second-order valence-corrected chi connectivity index (χ2v) is 5.95. The maximum Gasteiger partial charge on any atom is 0.137 e. The standard InChI is InChI=1S/C16H16FNS/c17-15-10-12(11-18-13-7-8-13)6-9-16(15)19-14-4-2-1-3-5-14/h1-6,9-10,13,18H,7-8,11H2. The summed E-state index contributed by atoms with van der Waals surface area (Å²) in [6.07, 6.45) is 2.51.